The smallest absolute Gasteiger partial charge is 0.207 e. The van der Waals surface area contributed by atoms with Crippen molar-refractivity contribution in [2.45, 2.75) is 25.4 Å². The highest BCUT2D eigenvalue weighted by Crippen LogP contribution is 2.47. The first-order valence-corrected chi connectivity index (χ1v) is 9.03. The van der Waals surface area contributed by atoms with Crippen LogP contribution in [-0.2, 0) is 16.0 Å². The molecule has 6 nitrogen and oxygen atoms in total. The predicted octanol–water partition coefficient (Wildman–Crippen LogP) is 4.14. The summed E-state index contributed by atoms with van der Waals surface area (Å²) in [5.74, 6) is 1.35. The first-order valence-electron chi connectivity index (χ1n) is 9.03. The van der Waals surface area contributed by atoms with E-state index in [4.69, 9.17) is 18.9 Å². The van der Waals surface area contributed by atoms with Crippen molar-refractivity contribution >= 4 is 11.9 Å². The van der Waals surface area contributed by atoms with Gasteiger partial charge in [0.05, 0.1) is 20.3 Å². The molecule has 148 valence electrons. The highest BCUT2D eigenvalue weighted by atomic mass is 16.5. The van der Waals surface area contributed by atoms with Gasteiger partial charge in [-0.3, -0.25) is 4.79 Å². The number of phenolic OH excluding ortho intramolecular Hbond substituents is 1. The Morgan fingerprint density at radius 1 is 1.04 bits per heavy atom. The van der Waals surface area contributed by atoms with E-state index in [0.29, 0.717) is 29.9 Å². The van der Waals surface area contributed by atoms with Crippen molar-refractivity contribution in [3.05, 3.63) is 47.5 Å². The topological polar surface area (TPSA) is 74.2 Å². The van der Waals surface area contributed by atoms with Crippen molar-refractivity contribution in [1.82, 2.24) is 0 Å². The van der Waals surface area contributed by atoms with Gasteiger partial charge in [0.25, 0.3) is 0 Å². The third-order valence-electron chi connectivity index (χ3n) is 4.68. The summed E-state index contributed by atoms with van der Waals surface area (Å²) in [4.78, 5) is 12.3. The van der Waals surface area contributed by atoms with Gasteiger partial charge in [-0.05, 0) is 30.2 Å². The van der Waals surface area contributed by atoms with Gasteiger partial charge in [-0.2, -0.15) is 0 Å². The number of hydrogen-bond acceptors (Lipinski definition) is 6. The van der Waals surface area contributed by atoms with Crippen LogP contribution in [0.2, 0.25) is 0 Å². The summed E-state index contributed by atoms with van der Waals surface area (Å²) in [7, 11) is 4.48. The molecule has 0 aromatic heterocycles. The van der Waals surface area contributed by atoms with E-state index in [9.17, 15) is 9.90 Å². The zero-order chi connectivity index (χ0) is 20.1. The molecule has 0 saturated carbocycles. The van der Waals surface area contributed by atoms with Crippen molar-refractivity contribution in [3.63, 3.8) is 0 Å². The van der Waals surface area contributed by atoms with Crippen LogP contribution in [-0.4, -0.2) is 38.3 Å². The van der Waals surface area contributed by atoms with Crippen LogP contribution < -0.4 is 14.2 Å². The quantitative estimate of drug-likeness (QED) is 0.858. The average molecular weight is 384 g/mol. The number of fused-ring (bicyclic) bond motifs is 7. The number of hydrogen-bond donors (Lipinski definition) is 1. The number of Topliss-reactive ketones (excluding diaryl/α,β-unsaturated/α-hetero) is 1. The van der Waals surface area contributed by atoms with E-state index in [1.54, 1.807) is 25.3 Å². The maximum absolute atomic E-state index is 12.3. The lowest BCUT2D eigenvalue weighted by Gasteiger charge is -2.16. The zero-order valence-electron chi connectivity index (χ0n) is 16.2. The van der Waals surface area contributed by atoms with E-state index in [0.717, 1.165) is 5.56 Å². The van der Waals surface area contributed by atoms with E-state index in [1.807, 2.05) is 24.3 Å². The highest BCUT2D eigenvalue weighted by Gasteiger charge is 2.21. The van der Waals surface area contributed by atoms with E-state index < -0.39 is 0 Å². The minimum atomic E-state index is -0.377. The molecule has 2 aromatic carbocycles. The Hall–Kier alpha value is -2.99. The second-order valence-electron chi connectivity index (χ2n) is 6.50. The lowest BCUT2D eigenvalue weighted by Crippen LogP contribution is -2.14. The van der Waals surface area contributed by atoms with Crippen molar-refractivity contribution in [2.75, 3.05) is 21.3 Å². The van der Waals surface area contributed by atoms with Crippen molar-refractivity contribution < 1.29 is 28.8 Å². The standard InChI is InChI=1S/C22H24O6/c1-25-18-11-7-15-12-19(22(27-3)20(24)21(15)26-2)28-17-9-5-14(6-10-17)4-8-16(23)13-18/h5-7,9-12,18,24H,4,8,13H2,1-3H3. The number of methoxy groups -OCH3 is 3. The number of carbonyl (C=O) groups excluding carboxylic acids is 1. The number of aryl methyl sites for hydroxylation is 1. The third kappa shape index (κ3) is 4.28. The number of carbonyl (C=O) groups is 1. The van der Waals surface area contributed by atoms with Gasteiger partial charge in [-0.1, -0.05) is 24.3 Å². The molecule has 2 aliphatic rings. The normalized spacial score (nSPS) is 16.8. The molecule has 0 aliphatic carbocycles. The summed E-state index contributed by atoms with van der Waals surface area (Å²) in [5, 5.41) is 10.6. The van der Waals surface area contributed by atoms with Crippen LogP contribution in [0.4, 0.5) is 0 Å². The van der Waals surface area contributed by atoms with Crippen LogP contribution in [0.3, 0.4) is 0 Å². The first-order chi connectivity index (χ1) is 13.5. The zero-order valence-corrected chi connectivity index (χ0v) is 16.2. The fraction of sp³-hybridized carbons (Fsp3) is 0.318. The maximum atomic E-state index is 12.3. The molecular formula is C22H24O6. The van der Waals surface area contributed by atoms with Crippen LogP contribution in [0.5, 0.6) is 28.7 Å². The summed E-state index contributed by atoms with van der Waals surface area (Å²) in [6.07, 6.45) is 4.52. The van der Waals surface area contributed by atoms with Crippen molar-refractivity contribution in [3.8, 4) is 28.7 Å². The Morgan fingerprint density at radius 2 is 1.75 bits per heavy atom. The molecule has 0 radical (unpaired) electrons. The van der Waals surface area contributed by atoms with Crippen LogP contribution >= 0.6 is 0 Å². The van der Waals surface area contributed by atoms with E-state index in [1.165, 1.54) is 14.2 Å². The lowest BCUT2D eigenvalue weighted by molar-refractivity contribution is -0.120. The molecule has 0 spiro atoms. The molecular weight excluding hydrogens is 360 g/mol. The average Bonchev–Trinajstić information content (AvgIpc) is 2.70. The molecule has 2 aliphatic heterocycles. The Labute approximate surface area is 164 Å². The minimum Gasteiger partial charge on any atom is -0.502 e. The summed E-state index contributed by atoms with van der Waals surface area (Å²) in [6, 6.07) is 9.22. The lowest BCUT2D eigenvalue weighted by atomic mass is 10.0. The van der Waals surface area contributed by atoms with Gasteiger partial charge in [0.15, 0.2) is 11.5 Å². The number of ketones is 1. The SMILES string of the molecule is COc1c2cc(c(OC)c1O)Oc1ccc(cc1)CCC(=O)CC(OC)C=C2. The molecule has 1 atom stereocenters. The van der Waals surface area contributed by atoms with Gasteiger partial charge in [0.1, 0.15) is 11.5 Å². The number of ether oxygens (including phenoxy) is 4. The molecule has 4 rings (SSSR count). The Kier molecular flexibility index (Phi) is 6.21. The van der Waals surface area contributed by atoms with Gasteiger partial charge in [0.2, 0.25) is 11.5 Å². The van der Waals surface area contributed by atoms with Gasteiger partial charge in [-0.25, -0.2) is 0 Å². The molecule has 4 bridgehead atoms. The number of benzene rings is 2. The molecule has 0 fully saturated rings. The fourth-order valence-electron chi connectivity index (χ4n) is 3.14. The van der Waals surface area contributed by atoms with Gasteiger partial charge >= 0.3 is 0 Å². The summed E-state index contributed by atoms with van der Waals surface area (Å²) >= 11 is 0. The Balaban J connectivity index is 2.12. The number of phenols is 1. The largest absolute Gasteiger partial charge is 0.502 e. The molecule has 6 heteroatoms. The number of aromatic hydroxyl groups is 1. The number of rotatable bonds is 3. The molecule has 2 heterocycles. The maximum Gasteiger partial charge on any atom is 0.207 e. The second-order valence-corrected chi connectivity index (χ2v) is 6.50. The molecule has 1 unspecified atom stereocenters. The monoisotopic (exact) mass is 384 g/mol. The molecule has 2 aromatic rings. The predicted molar refractivity (Wildman–Crippen MR) is 106 cm³/mol. The molecule has 0 amide bonds. The van der Waals surface area contributed by atoms with Crippen LogP contribution in [0, 0.1) is 0 Å². The first kappa shape index (κ1) is 19.8. The van der Waals surface area contributed by atoms with Gasteiger partial charge < -0.3 is 24.1 Å². The Bertz CT molecular complexity index is 870. The van der Waals surface area contributed by atoms with Crippen molar-refractivity contribution in [2.24, 2.45) is 0 Å². The summed E-state index contributed by atoms with van der Waals surface area (Å²) < 4.78 is 22.1. The van der Waals surface area contributed by atoms with Gasteiger partial charge in [0, 0.05) is 25.5 Å². The van der Waals surface area contributed by atoms with E-state index in [-0.39, 0.29) is 35.6 Å². The highest BCUT2D eigenvalue weighted by molar-refractivity contribution is 5.80. The fourth-order valence-corrected chi connectivity index (χ4v) is 3.14. The van der Waals surface area contributed by atoms with Gasteiger partial charge in [-0.15, -0.1) is 0 Å². The van der Waals surface area contributed by atoms with E-state index >= 15 is 0 Å². The molecule has 0 saturated heterocycles. The van der Waals surface area contributed by atoms with Crippen molar-refractivity contribution in [1.29, 1.82) is 0 Å². The van der Waals surface area contributed by atoms with E-state index in [2.05, 4.69) is 0 Å². The van der Waals surface area contributed by atoms with Crippen LogP contribution in [0.1, 0.15) is 24.0 Å². The van der Waals surface area contributed by atoms with Crippen LogP contribution in [0.25, 0.3) is 6.08 Å². The third-order valence-corrected chi connectivity index (χ3v) is 4.68. The molecule has 1 N–H and O–H groups in total. The van der Waals surface area contributed by atoms with Crippen LogP contribution in [0.15, 0.2) is 36.4 Å². The minimum absolute atomic E-state index is 0.122. The Morgan fingerprint density at radius 3 is 2.39 bits per heavy atom. The second kappa shape index (κ2) is 8.80. The summed E-state index contributed by atoms with van der Waals surface area (Å²) in [6.45, 7) is 0. The molecule has 28 heavy (non-hydrogen) atoms. The summed E-state index contributed by atoms with van der Waals surface area (Å²) in [5.41, 5.74) is 1.63.